The topological polar surface area (TPSA) is 89.3 Å². The number of aromatic nitrogens is 1. The number of carbonyl (C=O) groups is 2. The number of nitriles is 1. The summed E-state index contributed by atoms with van der Waals surface area (Å²) in [6, 6.07) is 11.3. The second kappa shape index (κ2) is 8.10. The van der Waals surface area contributed by atoms with Gasteiger partial charge < -0.3 is 15.1 Å². The Kier molecular flexibility index (Phi) is 5.36. The molecule has 0 radical (unpaired) electrons. The lowest BCUT2D eigenvalue weighted by Gasteiger charge is -2.31. The lowest BCUT2D eigenvalue weighted by atomic mass is 9.98. The van der Waals surface area contributed by atoms with E-state index in [0.717, 1.165) is 5.56 Å². The third-order valence-corrected chi connectivity index (χ3v) is 5.58. The lowest BCUT2D eigenvalue weighted by Crippen LogP contribution is -2.41. The van der Waals surface area contributed by atoms with Gasteiger partial charge in [-0.1, -0.05) is 23.7 Å². The number of carbonyl (C=O) groups excluding carboxylic acids is 2. The van der Waals surface area contributed by atoms with E-state index in [0.29, 0.717) is 54.6 Å². The van der Waals surface area contributed by atoms with Gasteiger partial charge in [-0.05, 0) is 36.6 Å². The van der Waals surface area contributed by atoms with Crippen molar-refractivity contribution < 1.29 is 9.59 Å². The summed E-state index contributed by atoms with van der Waals surface area (Å²) in [6.07, 6.45) is 2.91. The molecule has 1 aromatic heterocycles. The van der Waals surface area contributed by atoms with E-state index in [9.17, 15) is 9.59 Å². The molecule has 8 heteroatoms. The molecule has 0 atom stereocenters. The smallest absolute Gasteiger partial charge is 0.255 e. The minimum atomic E-state index is -0.124. The summed E-state index contributed by atoms with van der Waals surface area (Å²) in [5.41, 5.74) is 1.97. The summed E-state index contributed by atoms with van der Waals surface area (Å²) >= 11 is 5.95. The molecule has 7 nitrogen and oxygen atoms in total. The highest BCUT2D eigenvalue weighted by molar-refractivity contribution is 6.30. The number of likely N-dealkylation sites (tertiary alicyclic amines) is 1. The molecule has 0 unspecified atom stereocenters. The van der Waals surface area contributed by atoms with Crippen LogP contribution in [0, 0.1) is 17.2 Å². The second-order valence-corrected chi connectivity index (χ2v) is 7.68. The van der Waals surface area contributed by atoms with Crippen LogP contribution in [0.3, 0.4) is 0 Å². The zero-order valence-electron chi connectivity index (χ0n) is 15.8. The molecular weight excluding hydrogens is 390 g/mol. The summed E-state index contributed by atoms with van der Waals surface area (Å²) in [7, 11) is 0. The van der Waals surface area contributed by atoms with E-state index in [-0.39, 0.29) is 24.3 Å². The van der Waals surface area contributed by atoms with Gasteiger partial charge in [0, 0.05) is 30.2 Å². The number of hydrogen-bond acceptors (Lipinski definition) is 5. The predicted octanol–water partition coefficient (Wildman–Crippen LogP) is 3.07. The van der Waals surface area contributed by atoms with Crippen molar-refractivity contribution in [2.24, 2.45) is 5.92 Å². The van der Waals surface area contributed by atoms with Crippen LogP contribution in [0.4, 0.5) is 11.5 Å². The number of nitrogens with zero attached hydrogens (tertiary/aromatic N) is 4. The standard InChI is InChI=1S/C21H20ClN5O2/c22-17-3-1-15(2-4-17)13-27-18-9-16(11-24-20(18)25-12-19(27)28)21(29)26-7-5-14(10-23)6-8-26/h1-4,9,11,14H,5-8,12-13H2,(H,24,25). The molecule has 0 aliphatic carbocycles. The van der Waals surface area contributed by atoms with Crippen molar-refractivity contribution in [1.29, 1.82) is 5.26 Å². The highest BCUT2D eigenvalue weighted by Crippen LogP contribution is 2.31. The van der Waals surface area contributed by atoms with E-state index >= 15 is 0 Å². The fourth-order valence-electron chi connectivity index (χ4n) is 3.64. The summed E-state index contributed by atoms with van der Waals surface area (Å²) in [5.74, 6) is 0.380. The largest absolute Gasteiger partial charge is 0.359 e. The van der Waals surface area contributed by atoms with Crippen LogP contribution < -0.4 is 10.2 Å². The maximum Gasteiger partial charge on any atom is 0.255 e. The molecule has 2 aliphatic heterocycles. The molecule has 0 bridgehead atoms. The van der Waals surface area contributed by atoms with Crippen LogP contribution in [0.2, 0.25) is 5.02 Å². The molecule has 4 rings (SSSR count). The summed E-state index contributed by atoms with van der Waals surface area (Å²) in [4.78, 5) is 33.3. The Bertz CT molecular complexity index is 978. The van der Waals surface area contributed by atoms with Gasteiger partial charge in [-0.15, -0.1) is 0 Å². The highest BCUT2D eigenvalue weighted by Gasteiger charge is 2.28. The van der Waals surface area contributed by atoms with Crippen LogP contribution in [-0.4, -0.2) is 41.3 Å². The Labute approximate surface area is 173 Å². The second-order valence-electron chi connectivity index (χ2n) is 7.25. The molecule has 1 fully saturated rings. The molecule has 1 aromatic carbocycles. The molecular formula is C21H20ClN5O2. The van der Waals surface area contributed by atoms with Gasteiger partial charge in [-0.3, -0.25) is 9.59 Å². The number of piperidine rings is 1. The molecule has 2 aromatic rings. The van der Waals surface area contributed by atoms with E-state index in [1.165, 1.54) is 0 Å². The molecule has 0 spiro atoms. The number of halogens is 1. The number of hydrogen-bond donors (Lipinski definition) is 1. The van der Waals surface area contributed by atoms with Gasteiger partial charge in [0.25, 0.3) is 5.91 Å². The zero-order chi connectivity index (χ0) is 20.4. The van der Waals surface area contributed by atoms with Gasteiger partial charge in [-0.25, -0.2) is 4.98 Å². The molecule has 1 N–H and O–H groups in total. The highest BCUT2D eigenvalue weighted by atomic mass is 35.5. The van der Waals surface area contributed by atoms with Crippen LogP contribution in [0.1, 0.15) is 28.8 Å². The molecule has 0 saturated carbocycles. The molecule has 1 saturated heterocycles. The maximum atomic E-state index is 12.9. The zero-order valence-corrected chi connectivity index (χ0v) is 16.5. The van der Waals surface area contributed by atoms with Crippen LogP contribution in [0.15, 0.2) is 36.5 Å². The van der Waals surface area contributed by atoms with E-state index in [2.05, 4.69) is 16.4 Å². The molecule has 3 heterocycles. The Morgan fingerprint density at radius 1 is 1.28 bits per heavy atom. The van der Waals surface area contributed by atoms with Gasteiger partial charge in [-0.2, -0.15) is 5.26 Å². The van der Waals surface area contributed by atoms with E-state index < -0.39 is 0 Å². The predicted molar refractivity (Wildman–Crippen MR) is 110 cm³/mol. The van der Waals surface area contributed by atoms with E-state index in [1.54, 1.807) is 34.2 Å². The minimum Gasteiger partial charge on any atom is -0.359 e. The van der Waals surface area contributed by atoms with Gasteiger partial charge in [0.05, 0.1) is 30.4 Å². The van der Waals surface area contributed by atoms with Gasteiger partial charge in [0.15, 0.2) is 5.82 Å². The first kappa shape index (κ1) is 19.2. The van der Waals surface area contributed by atoms with Crippen molar-refractivity contribution in [1.82, 2.24) is 9.88 Å². The van der Waals surface area contributed by atoms with Crippen molar-refractivity contribution in [2.75, 3.05) is 29.9 Å². The van der Waals surface area contributed by atoms with Crippen LogP contribution in [0.5, 0.6) is 0 Å². The fourth-order valence-corrected chi connectivity index (χ4v) is 3.77. The van der Waals surface area contributed by atoms with Crippen molar-refractivity contribution in [2.45, 2.75) is 19.4 Å². The maximum absolute atomic E-state index is 12.9. The Hall–Kier alpha value is -3.11. The van der Waals surface area contributed by atoms with Gasteiger partial charge in [0.1, 0.15) is 0 Å². The minimum absolute atomic E-state index is 0.0115. The van der Waals surface area contributed by atoms with E-state index in [4.69, 9.17) is 16.9 Å². The van der Waals surface area contributed by atoms with Crippen molar-refractivity contribution >= 4 is 34.9 Å². The Balaban J connectivity index is 1.58. The lowest BCUT2D eigenvalue weighted by molar-refractivity contribution is -0.117. The Morgan fingerprint density at radius 2 is 2.00 bits per heavy atom. The number of pyridine rings is 1. The number of fused-ring (bicyclic) bond motifs is 1. The average molecular weight is 410 g/mol. The number of amides is 2. The van der Waals surface area contributed by atoms with Crippen molar-refractivity contribution in [3.05, 3.63) is 52.7 Å². The Morgan fingerprint density at radius 3 is 2.69 bits per heavy atom. The molecule has 148 valence electrons. The first-order chi connectivity index (χ1) is 14.0. The summed E-state index contributed by atoms with van der Waals surface area (Å²) in [6.45, 7) is 1.64. The first-order valence-electron chi connectivity index (χ1n) is 9.53. The van der Waals surface area contributed by atoms with Crippen LogP contribution in [-0.2, 0) is 11.3 Å². The van der Waals surface area contributed by atoms with Crippen LogP contribution in [0.25, 0.3) is 0 Å². The van der Waals surface area contributed by atoms with Crippen LogP contribution >= 0.6 is 11.6 Å². The SMILES string of the molecule is N#CC1CCN(C(=O)c2cnc3c(c2)N(Cc2ccc(Cl)cc2)C(=O)CN3)CC1. The van der Waals surface area contributed by atoms with E-state index in [1.807, 2.05) is 12.1 Å². The number of benzene rings is 1. The first-order valence-corrected chi connectivity index (χ1v) is 9.90. The third-order valence-electron chi connectivity index (χ3n) is 5.33. The fraction of sp³-hybridized carbons (Fsp3) is 0.333. The van der Waals surface area contributed by atoms with Crippen molar-refractivity contribution in [3.63, 3.8) is 0 Å². The van der Waals surface area contributed by atoms with Crippen molar-refractivity contribution in [3.8, 4) is 6.07 Å². The number of anilines is 2. The number of nitrogens with one attached hydrogen (secondary N) is 1. The molecule has 29 heavy (non-hydrogen) atoms. The number of rotatable bonds is 3. The quantitative estimate of drug-likeness (QED) is 0.841. The summed E-state index contributed by atoms with van der Waals surface area (Å²) in [5, 5.41) is 12.7. The van der Waals surface area contributed by atoms with Gasteiger partial charge >= 0.3 is 0 Å². The monoisotopic (exact) mass is 409 g/mol. The average Bonchev–Trinajstić information content (AvgIpc) is 2.76. The summed E-state index contributed by atoms with van der Waals surface area (Å²) < 4.78 is 0. The molecule has 2 amide bonds. The van der Waals surface area contributed by atoms with Gasteiger partial charge in [0.2, 0.25) is 5.91 Å². The normalized spacial score (nSPS) is 16.8. The third kappa shape index (κ3) is 4.03. The molecule has 2 aliphatic rings.